The monoisotopic (exact) mass is 444 g/mol. The van der Waals surface area contributed by atoms with Crippen molar-refractivity contribution in [1.82, 2.24) is 5.43 Å². The summed E-state index contributed by atoms with van der Waals surface area (Å²) >= 11 is 1.42. The van der Waals surface area contributed by atoms with E-state index in [1.807, 2.05) is 11.4 Å². The first-order chi connectivity index (χ1) is 14.4. The first kappa shape index (κ1) is 21.1. The molecular formula is C19H16N4O5S2. The van der Waals surface area contributed by atoms with Gasteiger partial charge in [0, 0.05) is 17.0 Å². The molecule has 0 saturated carbocycles. The molecule has 1 heterocycles. The molecule has 30 heavy (non-hydrogen) atoms. The maximum atomic E-state index is 13.1. The van der Waals surface area contributed by atoms with Crippen LogP contribution in [-0.4, -0.2) is 32.0 Å². The Bertz CT molecular complexity index is 1160. The van der Waals surface area contributed by atoms with Crippen LogP contribution < -0.4 is 9.73 Å². The van der Waals surface area contributed by atoms with E-state index < -0.39 is 27.4 Å². The number of hydrogen-bond donors (Lipinski definition) is 1. The van der Waals surface area contributed by atoms with Crippen LogP contribution in [0.4, 0.5) is 11.4 Å². The second-order valence-corrected chi connectivity index (χ2v) is 8.75. The Balaban J connectivity index is 1.90. The molecule has 1 aromatic heterocycles. The van der Waals surface area contributed by atoms with Crippen molar-refractivity contribution in [3.05, 3.63) is 87.1 Å². The Labute approximate surface area is 176 Å². The lowest BCUT2D eigenvalue weighted by Crippen LogP contribution is -2.39. The van der Waals surface area contributed by atoms with Crippen LogP contribution in [0.2, 0.25) is 0 Å². The van der Waals surface area contributed by atoms with Crippen molar-refractivity contribution in [3.63, 3.8) is 0 Å². The number of anilines is 1. The number of thiophene rings is 1. The summed E-state index contributed by atoms with van der Waals surface area (Å²) < 4.78 is 27.1. The molecule has 0 unspecified atom stereocenters. The highest BCUT2D eigenvalue weighted by atomic mass is 32.2. The summed E-state index contributed by atoms with van der Waals surface area (Å²) in [5.41, 5.74) is 1.98. The van der Waals surface area contributed by atoms with Gasteiger partial charge in [-0.05, 0) is 29.6 Å². The van der Waals surface area contributed by atoms with Crippen LogP contribution in [-0.2, 0) is 14.8 Å². The summed E-state index contributed by atoms with van der Waals surface area (Å²) in [6.45, 7) is -0.611. The van der Waals surface area contributed by atoms with Crippen molar-refractivity contribution in [1.29, 1.82) is 0 Å². The highest BCUT2D eigenvalue weighted by molar-refractivity contribution is 7.92. The normalized spacial score (nSPS) is 11.3. The highest BCUT2D eigenvalue weighted by Gasteiger charge is 2.28. The fourth-order valence-corrected chi connectivity index (χ4v) is 4.51. The van der Waals surface area contributed by atoms with Gasteiger partial charge < -0.3 is 0 Å². The van der Waals surface area contributed by atoms with Gasteiger partial charge in [-0.1, -0.05) is 30.3 Å². The molecule has 0 aliphatic heterocycles. The average molecular weight is 444 g/mol. The number of hydrazone groups is 1. The number of nitrogens with one attached hydrogen (secondary N) is 1. The molecule has 1 amide bonds. The van der Waals surface area contributed by atoms with Crippen LogP contribution in [0.3, 0.4) is 0 Å². The lowest BCUT2D eigenvalue weighted by Gasteiger charge is -2.23. The molecular weight excluding hydrogens is 428 g/mol. The van der Waals surface area contributed by atoms with E-state index in [2.05, 4.69) is 10.5 Å². The molecule has 0 saturated heterocycles. The summed E-state index contributed by atoms with van der Waals surface area (Å²) in [5.74, 6) is -0.700. The second-order valence-electron chi connectivity index (χ2n) is 5.91. The van der Waals surface area contributed by atoms with Crippen molar-refractivity contribution in [2.24, 2.45) is 5.10 Å². The molecule has 0 aliphatic carbocycles. The van der Waals surface area contributed by atoms with Crippen LogP contribution in [0.1, 0.15) is 4.88 Å². The van der Waals surface area contributed by atoms with Crippen LogP contribution in [0.15, 0.2) is 82.1 Å². The molecule has 9 nitrogen and oxygen atoms in total. The summed E-state index contributed by atoms with van der Waals surface area (Å²) in [6, 6.07) is 16.2. The minimum atomic E-state index is -4.16. The number of nitrogens with zero attached hydrogens (tertiary/aromatic N) is 3. The minimum Gasteiger partial charge on any atom is -0.271 e. The Hall–Kier alpha value is -3.57. The van der Waals surface area contributed by atoms with Crippen molar-refractivity contribution in [2.75, 3.05) is 10.8 Å². The van der Waals surface area contributed by atoms with Crippen molar-refractivity contribution >= 4 is 44.9 Å². The number of nitro groups is 1. The standard InChI is InChI=1S/C19H16N4O5S2/c24-19(21-20-13-17-8-5-11-29-17)14-22(15-6-4-7-16(12-15)23(25)26)30(27,28)18-9-2-1-3-10-18/h1-13H,14H2,(H,21,24)/b20-13-. The van der Waals surface area contributed by atoms with Gasteiger partial charge in [0.05, 0.1) is 21.7 Å². The Morgan fingerprint density at radius 3 is 2.57 bits per heavy atom. The summed E-state index contributed by atoms with van der Waals surface area (Å²) in [6.07, 6.45) is 1.44. The lowest BCUT2D eigenvalue weighted by atomic mass is 10.3. The Morgan fingerprint density at radius 1 is 1.13 bits per heavy atom. The van der Waals surface area contributed by atoms with Crippen molar-refractivity contribution in [2.45, 2.75) is 4.90 Å². The number of hydrogen-bond acceptors (Lipinski definition) is 7. The Kier molecular flexibility index (Phi) is 6.54. The highest BCUT2D eigenvalue weighted by Crippen LogP contribution is 2.26. The number of non-ortho nitro benzene ring substituents is 1. The number of carbonyl (C=O) groups is 1. The first-order valence-electron chi connectivity index (χ1n) is 8.55. The molecule has 0 radical (unpaired) electrons. The van der Waals surface area contributed by atoms with E-state index in [9.17, 15) is 23.3 Å². The summed E-state index contributed by atoms with van der Waals surface area (Å²) in [4.78, 5) is 23.6. The number of rotatable bonds is 8. The van der Waals surface area contributed by atoms with E-state index in [0.717, 1.165) is 15.2 Å². The zero-order valence-corrected chi connectivity index (χ0v) is 17.0. The zero-order valence-electron chi connectivity index (χ0n) is 15.4. The zero-order chi connectivity index (χ0) is 21.6. The van der Waals surface area contributed by atoms with Crippen LogP contribution >= 0.6 is 11.3 Å². The van der Waals surface area contributed by atoms with E-state index >= 15 is 0 Å². The van der Waals surface area contributed by atoms with E-state index in [-0.39, 0.29) is 16.3 Å². The number of sulfonamides is 1. The Morgan fingerprint density at radius 2 is 1.90 bits per heavy atom. The van der Waals surface area contributed by atoms with E-state index in [4.69, 9.17) is 0 Å². The molecule has 1 N–H and O–H groups in total. The third kappa shape index (κ3) is 5.07. The van der Waals surface area contributed by atoms with Crippen molar-refractivity contribution in [3.8, 4) is 0 Å². The van der Waals surface area contributed by atoms with E-state index in [0.29, 0.717) is 0 Å². The third-order valence-electron chi connectivity index (χ3n) is 3.87. The summed E-state index contributed by atoms with van der Waals surface area (Å²) in [5, 5.41) is 16.8. The van der Waals surface area contributed by atoms with Gasteiger partial charge in [0.25, 0.3) is 21.6 Å². The number of nitro benzene ring substituents is 1. The molecule has 11 heteroatoms. The number of amides is 1. The van der Waals surface area contributed by atoms with Gasteiger partial charge in [-0.25, -0.2) is 13.8 Å². The minimum absolute atomic E-state index is 0.00885. The van der Waals surface area contributed by atoms with E-state index in [1.54, 1.807) is 24.3 Å². The van der Waals surface area contributed by atoms with Crippen LogP contribution in [0.25, 0.3) is 0 Å². The molecule has 0 fully saturated rings. The van der Waals surface area contributed by atoms with Gasteiger partial charge in [-0.15, -0.1) is 11.3 Å². The van der Waals surface area contributed by atoms with Gasteiger partial charge in [-0.3, -0.25) is 19.2 Å². The third-order valence-corrected chi connectivity index (χ3v) is 6.47. The van der Waals surface area contributed by atoms with Crippen LogP contribution in [0.5, 0.6) is 0 Å². The fourth-order valence-electron chi connectivity index (χ4n) is 2.49. The molecule has 154 valence electrons. The van der Waals surface area contributed by atoms with Gasteiger partial charge in [-0.2, -0.15) is 5.10 Å². The second kappa shape index (κ2) is 9.29. The molecule has 0 aliphatic rings. The quantitative estimate of drug-likeness (QED) is 0.325. The predicted octanol–water partition coefficient (Wildman–Crippen LogP) is 3.00. The van der Waals surface area contributed by atoms with Gasteiger partial charge in [0.1, 0.15) is 6.54 Å². The lowest BCUT2D eigenvalue weighted by molar-refractivity contribution is -0.384. The van der Waals surface area contributed by atoms with Crippen LogP contribution in [0, 0.1) is 10.1 Å². The molecule has 3 rings (SSSR count). The molecule has 3 aromatic rings. The first-order valence-corrected chi connectivity index (χ1v) is 10.9. The molecule has 0 spiro atoms. The van der Waals surface area contributed by atoms with E-state index in [1.165, 1.54) is 47.9 Å². The summed E-state index contributed by atoms with van der Waals surface area (Å²) in [7, 11) is -4.16. The fraction of sp³-hybridized carbons (Fsp3) is 0.0526. The topological polar surface area (TPSA) is 122 Å². The molecule has 0 bridgehead atoms. The smallest absolute Gasteiger partial charge is 0.271 e. The number of benzene rings is 2. The maximum Gasteiger partial charge on any atom is 0.271 e. The van der Waals surface area contributed by atoms with Gasteiger partial charge in [0.2, 0.25) is 0 Å². The van der Waals surface area contributed by atoms with Gasteiger partial charge >= 0.3 is 0 Å². The maximum absolute atomic E-state index is 13.1. The number of carbonyl (C=O) groups excluding carboxylic acids is 1. The molecule has 2 aromatic carbocycles. The largest absolute Gasteiger partial charge is 0.271 e. The van der Waals surface area contributed by atoms with Crippen molar-refractivity contribution < 1.29 is 18.1 Å². The van der Waals surface area contributed by atoms with Gasteiger partial charge in [0.15, 0.2) is 0 Å². The SMILES string of the molecule is O=C(CN(c1cccc([N+](=O)[O-])c1)S(=O)(=O)c1ccccc1)N/N=C\c1cccs1. The average Bonchev–Trinajstić information content (AvgIpc) is 3.26. The molecule has 0 atom stereocenters. The predicted molar refractivity (Wildman–Crippen MR) is 114 cm³/mol.